The predicted octanol–water partition coefficient (Wildman–Crippen LogP) is 5.78. The van der Waals surface area contributed by atoms with Gasteiger partial charge in [0, 0.05) is 28.6 Å². The molecular formula is C23H25Cl2N3O3. The molecule has 1 atom stereocenters. The molecule has 164 valence electrons. The van der Waals surface area contributed by atoms with E-state index < -0.39 is 5.60 Å². The van der Waals surface area contributed by atoms with Crippen LogP contribution in [0.25, 0.3) is 11.0 Å². The monoisotopic (exact) mass is 461 g/mol. The molecule has 1 aliphatic rings. The van der Waals surface area contributed by atoms with E-state index in [0.29, 0.717) is 42.1 Å². The van der Waals surface area contributed by atoms with Crippen LogP contribution < -0.4 is 4.74 Å². The number of aromatic nitrogens is 2. The number of hydrogen-bond donors (Lipinski definition) is 0. The van der Waals surface area contributed by atoms with Gasteiger partial charge in [-0.25, -0.2) is 4.79 Å². The lowest BCUT2D eigenvalue weighted by atomic mass is 10.2. The fraction of sp³-hybridized carbons (Fsp3) is 0.391. The fourth-order valence-electron chi connectivity index (χ4n) is 3.60. The van der Waals surface area contributed by atoms with E-state index in [4.69, 9.17) is 32.7 Å². The zero-order chi connectivity index (χ0) is 22.2. The third kappa shape index (κ3) is 4.91. The summed E-state index contributed by atoms with van der Waals surface area (Å²) in [6, 6.07) is 13.8. The molecule has 0 N–H and O–H groups in total. The summed E-state index contributed by atoms with van der Waals surface area (Å²) in [5, 5.41) is 1.18. The van der Waals surface area contributed by atoms with Crippen molar-refractivity contribution in [3.63, 3.8) is 0 Å². The van der Waals surface area contributed by atoms with Crippen molar-refractivity contribution in [2.24, 2.45) is 0 Å². The van der Waals surface area contributed by atoms with Gasteiger partial charge in [-0.2, -0.15) is 4.98 Å². The maximum absolute atomic E-state index is 12.4. The third-order valence-electron chi connectivity index (χ3n) is 5.07. The smallest absolute Gasteiger partial charge is 0.410 e. The highest BCUT2D eigenvalue weighted by Crippen LogP contribution is 2.30. The van der Waals surface area contributed by atoms with Gasteiger partial charge in [0.25, 0.3) is 6.01 Å². The van der Waals surface area contributed by atoms with E-state index in [2.05, 4.69) is 4.98 Å². The Morgan fingerprint density at radius 1 is 1.13 bits per heavy atom. The average molecular weight is 462 g/mol. The lowest BCUT2D eigenvalue weighted by Crippen LogP contribution is -2.36. The number of fused-ring (bicyclic) bond motifs is 1. The summed E-state index contributed by atoms with van der Waals surface area (Å²) in [5.41, 5.74) is 2.02. The number of amides is 1. The van der Waals surface area contributed by atoms with E-state index in [0.717, 1.165) is 16.6 Å². The van der Waals surface area contributed by atoms with Gasteiger partial charge in [0.05, 0.1) is 24.1 Å². The molecule has 1 aliphatic heterocycles. The fourth-order valence-corrected chi connectivity index (χ4v) is 4.12. The summed E-state index contributed by atoms with van der Waals surface area (Å²) >= 11 is 12.8. The van der Waals surface area contributed by atoms with Gasteiger partial charge in [-0.3, -0.25) is 4.57 Å². The van der Waals surface area contributed by atoms with Crippen LogP contribution in [-0.2, 0) is 11.3 Å². The van der Waals surface area contributed by atoms with E-state index in [1.807, 2.05) is 67.8 Å². The minimum atomic E-state index is -0.530. The average Bonchev–Trinajstić information content (AvgIpc) is 3.29. The van der Waals surface area contributed by atoms with Crippen LogP contribution >= 0.6 is 23.2 Å². The van der Waals surface area contributed by atoms with Crippen molar-refractivity contribution in [3.8, 4) is 6.01 Å². The number of para-hydroxylation sites is 2. The van der Waals surface area contributed by atoms with Crippen LogP contribution in [0.1, 0.15) is 32.8 Å². The Morgan fingerprint density at radius 3 is 2.55 bits per heavy atom. The van der Waals surface area contributed by atoms with Crippen LogP contribution in [0.15, 0.2) is 42.5 Å². The molecule has 2 heterocycles. The standard InChI is InChI=1S/C23H25Cl2N3O3/c1-23(2,3)31-22(29)27-12-11-15(13-27)30-21-26-19-9-4-5-10-20(19)28(21)14-16-17(24)7-6-8-18(16)25/h4-10,15H,11-14H2,1-3H3/t15-/m1/s1. The lowest BCUT2D eigenvalue weighted by molar-refractivity contribution is 0.0273. The van der Waals surface area contributed by atoms with E-state index in [1.165, 1.54) is 0 Å². The molecule has 1 amide bonds. The van der Waals surface area contributed by atoms with Gasteiger partial charge in [-0.05, 0) is 45.0 Å². The molecule has 0 aliphatic carbocycles. The van der Waals surface area contributed by atoms with E-state index in [9.17, 15) is 4.79 Å². The Morgan fingerprint density at radius 2 is 1.84 bits per heavy atom. The number of hydrogen-bond acceptors (Lipinski definition) is 4. The predicted molar refractivity (Wildman–Crippen MR) is 122 cm³/mol. The zero-order valence-electron chi connectivity index (χ0n) is 17.8. The molecule has 1 aromatic heterocycles. The first-order valence-corrected chi connectivity index (χ1v) is 11.0. The van der Waals surface area contributed by atoms with Crippen LogP contribution in [0.5, 0.6) is 6.01 Å². The first-order chi connectivity index (χ1) is 14.7. The van der Waals surface area contributed by atoms with Gasteiger partial charge >= 0.3 is 6.09 Å². The van der Waals surface area contributed by atoms with Crippen molar-refractivity contribution in [3.05, 3.63) is 58.1 Å². The second kappa shape index (κ2) is 8.60. The zero-order valence-corrected chi connectivity index (χ0v) is 19.3. The molecule has 0 radical (unpaired) electrons. The summed E-state index contributed by atoms with van der Waals surface area (Å²) in [4.78, 5) is 18.7. The lowest BCUT2D eigenvalue weighted by Gasteiger charge is -2.24. The largest absolute Gasteiger partial charge is 0.459 e. The van der Waals surface area contributed by atoms with Gasteiger partial charge in [0.2, 0.25) is 0 Å². The molecule has 0 saturated carbocycles. The van der Waals surface area contributed by atoms with E-state index in [1.54, 1.807) is 4.90 Å². The molecule has 0 spiro atoms. The highest BCUT2D eigenvalue weighted by atomic mass is 35.5. The van der Waals surface area contributed by atoms with Gasteiger partial charge in [-0.15, -0.1) is 0 Å². The number of rotatable bonds is 4. The van der Waals surface area contributed by atoms with Crippen molar-refractivity contribution in [2.75, 3.05) is 13.1 Å². The van der Waals surface area contributed by atoms with Crippen LogP contribution in [0.4, 0.5) is 4.79 Å². The summed E-state index contributed by atoms with van der Waals surface area (Å²) < 4.78 is 13.7. The Labute approximate surface area is 191 Å². The number of carbonyl (C=O) groups excluding carboxylic acids is 1. The number of likely N-dealkylation sites (tertiary alicyclic amines) is 1. The highest BCUT2D eigenvalue weighted by molar-refractivity contribution is 6.36. The van der Waals surface area contributed by atoms with Gasteiger partial charge in [0.1, 0.15) is 11.7 Å². The van der Waals surface area contributed by atoms with E-state index in [-0.39, 0.29) is 12.2 Å². The summed E-state index contributed by atoms with van der Waals surface area (Å²) in [6.45, 7) is 7.03. The molecule has 6 nitrogen and oxygen atoms in total. The molecule has 0 unspecified atom stereocenters. The summed E-state index contributed by atoms with van der Waals surface area (Å²) in [7, 11) is 0. The molecule has 3 aromatic rings. The quantitative estimate of drug-likeness (QED) is 0.493. The number of ether oxygens (including phenoxy) is 2. The SMILES string of the molecule is CC(C)(C)OC(=O)N1CC[C@@H](Oc2nc3ccccc3n2Cc2c(Cl)cccc2Cl)C1. The van der Waals surface area contributed by atoms with Crippen molar-refractivity contribution in [2.45, 2.75) is 45.4 Å². The van der Waals surface area contributed by atoms with Crippen LogP contribution in [0, 0.1) is 0 Å². The van der Waals surface area contributed by atoms with Crippen molar-refractivity contribution < 1.29 is 14.3 Å². The maximum Gasteiger partial charge on any atom is 0.410 e. The van der Waals surface area contributed by atoms with Crippen LogP contribution in [0.3, 0.4) is 0 Å². The van der Waals surface area contributed by atoms with Gasteiger partial charge < -0.3 is 14.4 Å². The molecule has 2 aromatic carbocycles. The molecule has 1 fully saturated rings. The normalized spacial score (nSPS) is 16.7. The minimum absolute atomic E-state index is 0.176. The number of halogens is 2. The topological polar surface area (TPSA) is 56.6 Å². The minimum Gasteiger partial charge on any atom is -0.459 e. The van der Waals surface area contributed by atoms with Crippen LogP contribution in [-0.4, -0.2) is 45.3 Å². The molecule has 0 bridgehead atoms. The highest BCUT2D eigenvalue weighted by Gasteiger charge is 2.32. The molecule has 8 heteroatoms. The van der Waals surface area contributed by atoms with Gasteiger partial charge in [-0.1, -0.05) is 41.4 Å². The Kier molecular flexibility index (Phi) is 6.04. The Hall–Kier alpha value is -2.44. The van der Waals surface area contributed by atoms with Crippen molar-refractivity contribution >= 4 is 40.3 Å². The molecule has 1 saturated heterocycles. The second-order valence-electron chi connectivity index (χ2n) is 8.62. The summed E-state index contributed by atoms with van der Waals surface area (Å²) in [6.07, 6.45) is 0.203. The first kappa shape index (κ1) is 21.8. The Bertz CT molecular complexity index is 1090. The summed E-state index contributed by atoms with van der Waals surface area (Å²) in [5.74, 6) is 0. The molecular weight excluding hydrogens is 437 g/mol. The van der Waals surface area contributed by atoms with Crippen molar-refractivity contribution in [1.29, 1.82) is 0 Å². The number of nitrogens with zero attached hydrogens (tertiary/aromatic N) is 3. The Balaban J connectivity index is 1.57. The van der Waals surface area contributed by atoms with E-state index >= 15 is 0 Å². The maximum atomic E-state index is 12.4. The third-order valence-corrected chi connectivity index (χ3v) is 5.77. The first-order valence-electron chi connectivity index (χ1n) is 10.2. The van der Waals surface area contributed by atoms with Crippen molar-refractivity contribution in [1.82, 2.24) is 14.5 Å². The second-order valence-corrected chi connectivity index (χ2v) is 9.44. The van der Waals surface area contributed by atoms with Crippen LogP contribution in [0.2, 0.25) is 10.0 Å². The molecule has 4 rings (SSSR count). The number of carbonyl (C=O) groups is 1. The molecule has 31 heavy (non-hydrogen) atoms. The van der Waals surface area contributed by atoms with Gasteiger partial charge in [0.15, 0.2) is 0 Å². The number of imidazole rings is 1. The number of benzene rings is 2.